The number of nitrogens with zero attached hydrogens (tertiary/aromatic N) is 1. The molecule has 1 fully saturated rings. The molecule has 0 spiro atoms. The number of ether oxygens (including phenoxy) is 1. The fourth-order valence-electron chi connectivity index (χ4n) is 2.37. The molecule has 0 bridgehead atoms. The molecule has 6 heteroatoms. The summed E-state index contributed by atoms with van der Waals surface area (Å²) in [5.41, 5.74) is 4.16. The topological polar surface area (TPSA) is 62.7 Å². The van der Waals surface area contributed by atoms with Crippen LogP contribution in [-0.4, -0.2) is 30.4 Å². The normalized spacial score (nSPS) is 20.1. The Morgan fingerprint density at radius 2 is 2.19 bits per heavy atom. The van der Waals surface area contributed by atoms with E-state index in [9.17, 15) is 4.79 Å². The van der Waals surface area contributed by atoms with Crippen molar-refractivity contribution >= 4 is 29.0 Å². The molecule has 0 aromatic carbocycles. The van der Waals surface area contributed by atoms with E-state index in [1.54, 1.807) is 0 Å². The third-order valence-electron chi connectivity index (χ3n) is 3.76. The van der Waals surface area contributed by atoms with Gasteiger partial charge in [-0.1, -0.05) is 19.8 Å². The van der Waals surface area contributed by atoms with Gasteiger partial charge in [-0.15, -0.1) is 0 Å². The van der Waals surface area contributed by atoms with E-state index >= 15 is 0 Å². The average molecular weight is 313 g/mol. The summed E-state index contributed by atoms with van der Waals surface area (Å²) in [6.45, 7) is 3.02. The van der Waals surface area contributed by atoms with Gasteiger partial charge >= 0.3 is 5.97 Å². The largest absolute Gasteiger partial charge is 0.469 e. The lowest BCUT2D eigenvalue weighted by atomic mass is 9.89. The monoisotopic (exact) mass is 313 g/mol. The predicted octanol–water partition coefficient (Wildman–Crippen LogP) is 2.75. The van der Waals surface area contributed by atoms with Gasteiger partial charge < -0.3 is 10.1 Å². The Morgan fingerprint density at radius 3 is 2.90 bits per heavy atom. The van der Waals surface area contributed by atoms with Crippen LogP contribution >= 0.6 is 12.2 Å². The van der Waals surface area contributed by atoms with Gasteiger partial charge in [-0.25, -0.2) is 0 Å². The second-order valence-electron chi connectivity index (χ2n) is 5.50. The molecule has 0 aromatic heterocycles. The van der Waals surface area contributed by atoms with Crippen molar-refractivity contribution < 1.29 is 9.53 Å². The zero-order chi connectivity index (χ0) is 15.5. The van der Waals surface area contributed by atoms with Crippen molar-refractivity contribution in [2.24, 2.45) is 11.0 Å². The number of nitrogens with one attached hydrogen (secondary N) is 2. The molecule has 0 amide bonds. The minimum Gasteiger partial charge on any atom is -0.469 e. The lowest BCUT2D eigenvalue weighted by Crippen LogP contribution is -2.34. The van der Waals surface area contributed by atoms with Crippen molar-refractivity contribution in [2.45, 2.75) is 58.3 Å². The Balaban J connectivity index is 2.06. The molecule has 0 aromatic rings. The Kier molecular flexibility index (Phi) is 8.98. The number of carbonyl (C=O) groups is 1. The number of methoxy groups -OCH3 is 1. The first-order valence-electron chi connectivity index (χ1n) is 7.80. The van der Waals surface area contributed by atoms with Crippen LogP contribution in [0.1, 0.15) is 58.3 Å². The van der Waals surface area contributed by atoms with E-state index in [-0.39, 0.29) is 5.97 Å². The zero-order valence-corrected chi connectivity index (χ0v) is 13.9. The molecular weight excluding hydrogens is 286 g/mol. The van der Waals surface area contributed by atoms with Gasteiger partial charge in [0.05, 0.1) is 7.11 Å². The van der Waals surface area contributed by atoms with Crippen LogP contribution in [0.15, 0.2) is 5.10 Å². The van der Waals surface area contributed by atoms with Crippen LogP contribution in [0.25, 0.3) is 0 Å². The third-order valence-corrected chi connectivity index (χ3v) is 4.00. The molecule has 0 heterocycles. The summed E-state index contributed by atoms with van der Waals surface area (Å²) < 4.78 is 4.59. The predicted molar refractivity (Wildman–Crippen MR) is 89.3 cm³/mol. The highest BCUT2D eigenvalue weighted by atomic mass is 32.1. The number of rotatable bonds is 7. The van der Waals surface area contributed by atoms with Crippen LogP contribution < -0.4 is 10.7 Å². The number of esters is 1. The third kappa shape index (κ3) is 7.99. The van der Waals surface area contributed by atoms with Crippen LogP contribution in [0, 0.1) is 5.92 Å². The average Bonchev–Trinajstić information content (AvgIpc) is 2.49. The van der Waals surface area contributed by atoms with Gasteiger partial charge in [-0.2, -0.15) is 5.10 Å². The van der Waals surface area contributed by atoms with E-state index in [0.29, 0.717) is 17.5 Å². The quantitative estimate of drug-likeness (QED) is 0.327. The van der Waals surface area contributed by atoms with Crippen molar-refractivity contribution in [1.29, 1.82) is 0 Å². The van der Waals surface area contributed by atoms with Crippen molar-refractivity contribution in [1.82, 2.24) is 10.7 Å². The van der Waals surface area contributed by atoms with Gasteiger partial charge in [-0.3, -0.25) is 10.2 Å². The van der Waals surface area contributed by atoms with Gasteiger partial charge in [0.1, 0.15) is 0 Å². The number of thiocarbonyl (C=S) groups is 1. The minimum absolute atomic E-state index is 0.141. The Hall–Kier alpha value is -1.17. The first kappa shape index (κ1) is 17.9. The first-order chi connectivity index (χ1) is 10.1. The lowest BCUT2D eigenvalue weighted by Gasteiger charge is -2.20. The number of unbranched alkanes of at least 4 members (excludes halogenated alkanes) is 2. The minimum atomic E-state index is -0.141. The van der Waals surface area contributed by atoms with Crippen LogP contribution in [0.3, 0.4) is 0 Å². The summed E-state index contributed by atoms with van der Waals surface area (Å²) in [6.07, 6.45) is 8.13. The van der Waals surface area contributed by atoms with Crippen LogP contribution in [-0.2, 0) is 9.53 Å². The molecule has 2 N–H and O–H groups in total. The number of hydrogen-bond acceptors (Lipinski definition) is 4. The van der Waals surface area contributed by atoms with E-state index < -0.39 is 0 Å². The molecule has 0 aliphatic heterocycles. The highest BCUT2D eigenvalue weighted by Gasteiger charge is 2.15. The van der Waals surface area contributed by atoms with Crippen LogP contribution in [0.5, 0.6) is 0 Å². The molecule has 0 radical (unpaired) electrons. The van der Waals surface area contributed by atoms with Gasteiger partial charge in [0, 0.05) is 18.7 Å². The molecule has 1 rings (SSSR count). The van der Waals surface area contributed by atoms with Crippen LogP contribution in [0.2, 0.25) is 0 Å². The number of carbonyl (C=O) groups excluding carboxylic acids is 1. The second-order valence-corrected chi connectivity index (χ2v) is 5.91. The summed E-state index contributed by atoms with van der Waals surface area (Å²) in [5, 5.41) is 8.13. The zero-order valence-electron chi connectivity index (χ0n) is 13.1. The van der Waals surface area contributed by atoms with E-state index in [1.807, 2.05) is 0 Å². The van der Waals surface area contributed by atoms with E-state index in [2.05, 4.69) is 27.5 Å². The van der Waals surface area contributed by atoms with Crippen molar-refractivity contribution in [2.75, 3.05) is 13.7 Å². The highest BCUT2D eigenvalue weighted by Crippen LogP contribution is 2.20. The fraction of sp³-hybridized carbons (Fsp3) is 0.800. The van der Waals surface area contributed by atoms with Gasteiger partial charge in [-0.05, 0) is 50.2 Å². The smallest absolute Gasteiger partial charge is 0.305 e. The SMILES string of the molecule is COC(=O)CCCCCNC(=S)N/N=C1/CCCC[C@@H]1C. The summed E-state index contributed by atoms with van der Waals surface area (Å²) in [6, 6.07) is 0. The van der Waals surface area contributed by atoms with Crippen molar-refractivity contribution in [3.63, 3.8) is 0 Å². The number of hydrazone groups is 1. The highest BCUT2D eigenvalue weighted by molar-refractivity contribution is 7.80. The molecule has 1 saturated carbocycles. The number of hydrogen-bond donors (Lipinski definition) is 2. The summed E-state index contributed by atoms with van der Waals surface area (Å²) in [4.78, 5) is 10.9. The maximum atomic E-state index is 10.9. The molecule has 21 heavy (non-hydrogen) atoms. The maximum absolute atomic E-state index is 10.9. The molecule has 0 saturated heterocycles. The Morgan fingerprint density at radius 1 is 1.38 bits per heavy atom. The molecule has 120 valence electrons. The molecule has 5 nitrogen and oxygen atoms in total. The lowest BCUT2D eigenvalue weighted by molar-refractivity contribution is -0.140. The van der Waals surface area contributed by atoms with E-state index in [4.69, 9.17) is 12.2 Å². The van der Waals surface area contributed by atoms with Crippen molar-refractivity contribution in [3.05, 3.63) is 0 Å². The van der Waals surface area contributed by atoms with Gasteiger partial charge in [0.15, 0.2) is 5.11 Å². The Bertz CT molecular complexity index is 372. The van der Waals surface area contributed by atoms with Gasteiger partial charge in [0.2, 0.25) is 0 Å². The van der Waals surface area contributed by atoms with Crippen LogP contribution in [0.4, 0.5) is 0 Å². The summed E-state index contributed by atoms with van der Waals surface area (Å²) >= 11 is 5.20. The standard InChI is InChI=1S/C15H27N3O2S/c1-12-8-5-6-9-13(12)17-18-15(21)16-11-7-3-4-10-14(19)20-2/h12H,3-11H2,1-2H3,(H2,16,18,21)/b17-13-/t12-/m0/s1. The first-order valence-corrected chi connectivity index (χ1v) is 8.21. The summed E-state index contributed by atoms with van der Waals surface area (Å²) in [5.74, 6) is 0.421. The second kappa shape index (κ2) is 10.5. The molecule has 1 aliphatic rings. The Labute approximate surface area is 132 Å². The fourth-order valence-corrected chi connectivity index (χ4v) is 2.52. The molecule has 1 aliphatic carbocycles. The van der Waals surface area contributed by atoms with Gasteiger partial charge in [0.25, 0.3) is 0 Å². The van der Waals surface area contributed by atoms with E-state index in [0.717, 1.165) is 32.2 Å². The molecule has 1 atom stereocenters. The molecule has 0 unspecified atom stereocenters. The molecular formula is C15H27N3O2S. The van der Waals surface area contributed by atoms with E-state index in [1.165, 1.54) is 32.1 Å². The van der Waals surface area contributed by atoms with Crippen molar-refractivity contribution in [3.8, 4) is 0 Å². The maximum Gasteiger partial charge on any atom is 0.305 e. The summed E-state index contributed by atoms with van der Waals surface area (Å²) in [7, 11) is 1.42.